The molecule has 0 aromatic carbocycles. The molecule has 2 aromatic rings. The van der Waals surface area contributed by atoms with Gasteiger partial charge in [-0.25, -0.2) is 9.97 Å². The molecule has 1 aliphatic carbocycles. The van der Waals surface area contributed by atoms with Gasteiger partial charge in [-0.1, -0.05) is 0 Å². The second kappa shape index (κ2) is 3.55. The van der Waals surface area contributed by atoms with Crippen molar-refractivity contribution in [3.8, 4) is 0 Å². The van der Waals surface area contributed by atoms with Crippen LogP contribution in [-0.4, -0.2) is 20.3 Å². The van der Waals surface area contributed by atoms with Crippen molar-refractivity contribution in [2.45, 2.75) is 12.8 Å². The zero-order chi connectivity index (χ0) is 11.1. The van der Waals surface area contributed by atoms with Gasteiger partial charge in [0.15, 0.2) is 5.65 Å². The molecule has 6 heteroatoms. The Hall–Kier alpha value is -1.43. The van der Waals surface area contributed by atoms with Gasteiger partial charge in [0.1, 0.15) is 10.4 Å². The fourth-order valence-electron chi connectivity index (χ4n) is 1.53. The fourth-order valence-corrected chi connectivity index (χ4v) is 1.84. The number of halogens is 1. The van der Waals surface area contributed by atoms with Crippen LogP contribution in [0.25, 0.3) is 5.65 Å². The van der Waals surface area contributed by atoms with Crippen molar-refractivity contribution >= 4 is 33.3 Å². The number of rotatable bonds is 2. The summed E-state index contributed by atoms with van der Waals surface area (Å²) in [6.45, 7) is 0. The topological polar surface area (TPSA) is 59.3 Å². The molecule has 1 N–H and O–H groups in total. The maximum Gasteiger partial charge on any atom is 0.228 e. The summed E-state index contributed by atoms with van der Waals surface area (Å²) >= 11 is 3.29. The van der Waals surface area contributed by atoms with E-state index in [9.17, 15) is 4.79 Å². The smallest absolute Gasteiger partial charge is 0.228 e. The molecule has 5 nitrogen and oxygen atoms in total. The Kier molecular flexibility index (Phi) is 2.17. The third kappa shape index (κ3) is 1.69. The van der Waals surface area contributed by atoms with Gasteiger partial charge in [0, 0.05) is 12.1 Å². The zero-order valence-corrected chi connectivity index (χ0v) is 9.94. The quantitative estimate of drug-likeness (QED) is 0.913. The molecule has 2 aromatic heterocycles. The summed E-state index contributed by atoms with van der Waals surface area (Å²) in [7, 11) is 0. The van der Waals surface area contributed by atoms with E-state index < -0.39 is 0 Å². The highest BCUT2D eigenvalue weighted by atomic mass is 79.9. The van der Waals surface area contributed by atoms with Crippen molar-refractivity contribution in [3.05, 3.63) is 23.2 Å². The summed E-state index contributed by atoms with van der Waals surface area (Å²) in [5, 5.41) is 2.87. The number of imidazole rings is 1. The molecule has 0 aliphatic heterocycles. The largest absolute Gasteiger partial charge is 0.310 e. The van der Waals surface area contributed by atoms with Crippen LogP contribution in [0.4, 0.5) is 5.82 Å². The van der Waals surface area contributed by atoms with E-state index in [1.807, 2.05) is 0 Å². The number of carbonyl (C=O) groups excluding carboxylic acids is 1. The van der Waals surface area contributed by atoms with Crippen LogP contribution in [0.2, 0.25) is 0 Å². The first-order valence-corrected chi connectivity index (χ1v) is 5.83. The Bertz CT molecular complexity index is 561. The standard InChI is InChI=1S/C10H9BrN4O/c11-7-5-15-8(3-12-7)13-4-9(15)14-10(16)6-1-2-6/h3-6H,1-2H2,(H,14,16). The fraction of sp³-hybridized carbons (Fsp3) is 0.300. The van der Waals surface area contributed by atoms with Gasteiger partial charge < -0.3 is 5.32 Å². The Balaban J connectivity index is 1.96. The average Bonchev–Trinajstić information content (AvgIpc) is 3.04. The highest BCUT2D eigenvalue weighted by Gasteiger charge is 2.30. The van der Waals surface area contributed by atoms with Crippen LogP contribution in [0.3, 0.4) is 0 Å². The molecule has 1 amide bonds. The van der Waals surface area contributed by atoms with E-state index in [1.165, 1.54) is 0 Å². The van der Waals surface area contributed by atoms with Crippen molar-refractivity contribution in [2.75, 3.05) is 5.32 Å². The SMILES string of the molecule is O=C(Nc1cnc2cnc(Br)cn12)C1CC1. The van der Waals surface area contributed by atoms with Gasteiger partial charge in [-0.3, -0.25) is 9.20 Å². The van der Waals surface area contributed by atoms with Crippen LogP contribution in [0.5, 0.6) is 0 Å². The van der Waals surface area contributed by atoms with E-state index in [0.29, 0.717) is 16.1 Å². The van der Waals surface area contributed by atoms with Gasteiger partial charge in [-0.05, 0) is 28.8 Å². The zero-order valence-electron chi connectivity index (χ0n) is 8.35. The van der Waals surface area contributed by atoms with Crippen molar-refractivity contribution in [3.63, 3.8) is 0 Å². The van der Waals surface area contributed by atoms with Crippen molar-refractivity contribution in [1.29, 1.82) is 0 Å². The van der Waals surface area contributed by atoms with Crippen LogP contribution in [-0.2, 0) is 4.79 Å². The van der Waals surface area contributed by atoms with Crippen molar-refractivity contribution < 1.29 is 4.79 Å². The molecule has 0 radical (unpaired) electrons. The Morgan fingerprint density at radius 2 is 2.25 bits per heavy atom. The molecular formula is C10H9BrN4O. The van der Waals surface area contributed by atoms with Gasteiger partial charge in [-0.2, -0.15) is 0 Å². The number of hydrogen-bond donors (Lipinski definition) is 1. The normalized spacial score (nSPS) is 15.3. The number of aromatic nitrogens is 3. The van der Waals surface area contributed by atoms with E-state index in [-0.39, 0.29) is 11.8 Å². The molecule has 0 atom stereocenters. The van der Waals surface area contributed by atoms with Crippen LogP contribution in [0, 0.1) is 5.92 Å². The van der Waals surface area contributed by atoms with Crippen molar-refractivity contribution in [1.82, 2.24) is 14.4 Å². The summed E-state index contributed by atoms with van der Waals surface area (Å²) in [4.78, 5) is 19.8. The number of nitrogens with one attached hydrogen (secondary N) is 1. The summed E-state index contributed by atoms with van der Waals surface area (Å²) in [5.41, 5.74) is 0.717. The van der Waals surface area contributed by atoms with Gasteiger partial charge in [0.05, 0.1) is 12.4 Å². The average molecular weight is 281 g/mol. The number of anilines is 1. The summed E-state index contributed by atoms with van der Waals surface area (Å²) in [6.07, 6.45) is 7.06. The maximum atomic E-state index is 11.6. The summed E-state index contributed by atoms with van der Waals surface area (Å²) in [5.74, 6) is 0.959. The second-order valence-corrected chi connectivity index (χ2v) is 4.66. The van der Waals surface area contributed by atoms with Gasteiger partial charge in [0.25, 0.3) is 0 Å². The molecule has 1 aliphatic rings. The van der Waals surface area contributed by atoms with Crippen LogP contribution < -0.4 is 5.32 Å². The van der Waals surface area contributed by atoms with E-state index >= 15 is 0 Å². The number of amides is 1. The Labute approximate surface area is 100 Å². The number of hydrogen-bond acceptors (Lipinski definition) is 3. The number of nitrogens with zero attached hydrogens (tertiary/aromatic N) is 3. The van der Waals surface area contributed by atoms with E-state index in [4.69, 9.17) is 0 Å². The lowest BCUT2D eigenvalue weighted by Crippen LogP contribution is -2.14. The van der Waals surface area contributed by atoms with Gasteiger partial charge in [-0.15, -0.1) is 0 Å². The summed E-state index contributed by atoms with van der Waals surface area (Å²) < 4.78 is 2.51. The molecule has 2 heterocycles. The van der Waals surface area contributed by atoms with Crippen LogP contribution >= 0.6 is 15.9 Å². The van der Waals surface area contributed by atoms with Gasteiger partial charge >= 0.3 is 0 Å². The minimum atomic E-state index is 0.0785. The molecule has 0 saturated heterocycles. The second-order valence-electron chi connectivity index (χ2n) is 3.85. The van der Waals surface area contributed by atoms with E-state index in [0.717, 1.165) is 12.8 Å². The first kappa shape index (κ1) is 9.77. The minimum Gasteiger partial charge on any atom is -0.310 e. The van der Waals surface area contributed by atoms with E-state index in [2.05, 4.69) is 31.2 Å². The van der Waals surface area contributed by atoms with Crippen LogP contribution in [0.15, 0.2) is 23.2 Å². The number of carbonyl (C=O) groups is 1. The third-order valence-electron chi connectivity index (χ3n) is 2.56. The summed E-state index contributed by atoms with van der Waals surface area (Å²) in [6, 6.07) is 0. The predicted molar refractivity (Wildman–Crippen MR) is 62.0 cm³/mol. The molecule has 1 fully saturated rings. The maximum absolute atomic E-state index is 11.6. The third-order valence-corrected chi connectivity index (χ3v) is 2.97. The molecule has 1 saturated carbocycles. The molecule has 82 valence electrons. The Morgan fingerprint density at radius 3 is 3.00 bits per heavy atom. The lowest BCUT2D eigenvalue weighted by molar-refractivity contribution is -0.117. The van der Waals surface area contributed by atoms with Gasteiger partial charge in [0.2, 0.25) is 5.91 Å². The minimum absolute atomic E-state index is 0.0785. The lowest BCUT2D eigenvalue weighted by atomic mass is 10.4. The van der Waals surface area contributed by atoms with Crippen LogP contribution in [0.1, 0.15) is 12.8 Å². The lowest BCUT2D eigenvalue weighted by Gasteiger charge is -2.03. The molecule has 16 heavy (non-hydrogen) atoms. The highest BCUT2D eigenvalue weighted by Crippen LogP contribution is 2.30. The molecule has 3 rings (SSSR count). The first-order chi connectivity index (χ1) is 7.74. The highest BCUT2D eigenvalue weighted by molar-refractivity contribution is 9.10. The monoisotopic (exact) mass is 280 g/mol. The molecule has 0 unspecified atom stereocenters. The first-order valence-electron chi connectivity index (χ1n) is 5.03. The predicted octanol–water partition coefficient (Wildman–Crippen LogP) is 1.84. The molecular weight excluding hydrogens is 272 g/mol. The molecule has 0 bridgehead atoms. The van der Waals surface area contributed by atoms with E-state index in [1.54, 1.807) is 23.0 Å². The van der Waals surface area contributed by atoms with Crippen molar-refractivity contribution in [2.24, 2.45) is 5.92 Å². The number of fused-ring (bicyclic) bond motifs is 1. The Morgan fingerprint density at radius 1 is 1.44 bits per heavy atom. The molecule has 0 spiro atoms.